The highest BCUT2D eigenvalue weighted by molar-refractivity contribution is 7.47. The lowest BCUT2D eigenvalue weighted by molar-refractivity contribution is -0.0688. The van der Waals surface area contributed by atoms with E-state index in [9.17, 15) is 33.9 Å². The molecular weight excluding hydrogens is 662 g/mol. The summed E-state index contributed by atoms with van der Waals surface area (Å²) in [6.45, 7) is -0.706. The fourth-order valence-corrected chi connectivity index (χ4v) is 7.55. The first-order valence-electron chi connectivity index (χ1n) is 13.5. The number of phosphoric acid groups is 2. The van der Waals surface area contributed by atoms with E-state index < -0.39 is 89.9 Å². The number of fused-ring (bicyclic) bond motifs is 5. The van der Waals surface area contributed by atoms with E-state index in [4.69, 9.17) is 33.3 Å². The van der Waals surface area contributed by atoms with Crippen molar-refractivity contribution in [1.82, 2.24) is 44.7 Å². The number of nitrogen functional groups attached to an aromatic ring is 1. The Kier molecular flexibility index (Phi) is 7.78. The van der Waals surface area contributed by atoms with Gasteiger partial charge in [-0.25, -0.2) is 23.8 Å². The molecule has 3 fully saturated rings. The number of phosphoric ester groups is 2. The monoisotopic (exact) mass is 688 g/mol. The lowest BCUT2D eigenvalue weighted by Gasteiger charge is -2.26. The Morgan fingerprint density at radius 3 is 2.48 bits per heavy atom. The van der Waals surface area contributed by atoms with E-state index in [1.165, 1.54) is 24.0 Å². The molecule has 7 N–H and O–H groups in total. The summed E-state index contributed by atoms with van der Waals surface area (Å²) < 4.78 is 61.9. The SMILES string of the molecule is Cc1nc2c(ncn2[C@@H]2O[C@@H]3COP(=O)(O)O[C@H]4[C@@H](O)[C@H](n5ncc6c(N)nnnc65)O[C@@H]4COP(=O)(O)O[C@@H]2[C@@H]3CO)c(=O)[nH]1. The van der Waals surface area contributed by atoms with Gasteiger partial charge in [-0.3, -0.25) is 27.5 Å². The van der Waals surface area contributed by atoms with Gasteiger partial charge < -0.3 is 40.2 Å². The highest BCUT2D eigenvalue weighted by atomic mass is 31.2. The number of ether oxygens (including phenoxy) is 2. The van der Waals surface area contributed by atoms with Crippen LogP contribution in [0.25, 0.3) is 22.2 Å². The molecule has 248 valence electrons. The number of imidazole rings is 1. The Labute approximate surface area is 255 Å². The smallest absolute Gasteiger partial charge is 0.396 e. The maximum atomic E-state index is 13.3. The summed E-state index contributed by atoms with van der Waals surface area (Å²) in [5.74, 6) is -0.931. The molecule has 10 atom stereocenters. The van der Waals surface area contributed by atoms with Gasteiger partial charge in [-0.05, 0) is 12.1 Å². The molecule has 3 saturated heterocycles. The molecule has 4 aromatic heterocycles. The standard InChI is InChI=1S/C21H26N10O13P2/c1-7-25-18-12(19(34)26-7)23-6-30(18)21-14-9(3-32)10(41-21)4-39-46(37,38)44-15-11(5-40-45(35,36)43-14)42-20(13(15)33)31-17-8(2-24-31)16(22)27-29-28-17/h2,6,9-11,13-15,20-21,32-33H,3-5H2,1H3,(H,35,36)(H,37,38)(H2,22,27,28)(H,25,26,34)/t9-,10-,11-,13-,14-,15-,20-,21-/m1/s1. The van der Waals surface area contributed by atoms with Crippen molar-refractivity contribution in [3.63, 3.8) is 0 Å². The van der Waals surface area contributed by atoms with Gasteiger partial charge >= 0.3 is 15.6 Å². The number of aliphatic hydroxyl groups excluding tert-OH is 2. The van der Waals surface area contributed by atoms with Gasteiger partial charge in [0.1, 0.15) is 30.2 Å². The van der Waals surface area contributed by atoms with E-state index in [-0.39, 0.29) is 33.8 Å². The number of nitrogens with zero attached hydrogens (tertiary/aromatic N) is 8. The molecule has 3 aliphatic heterocycles. The van der Waals surface area contributed by atoms with Crippen LogP contribution < -0.4 is 11.3 Å². The quantitative estimate of drug-likeness (QED) is 0.127. The number of hydrogen-bond donors (Lipinski definition) is 6. The van der Waals surface area contributed by atoms with Gasteiger partial charge in [0.15, 0.2) is 35.1 Å². The van der Waals surface area contributed by atoms with E-state index >= 15 is 0 Å². The Hall–Kier alpha value is -3.31. The zero-order valence-corrected chi connectivity index (χ0v) is 25.2. The number of hydrogen-bond acceptors (Lipinski definition) is 18. The normalized spacial score (nSPS) is 37.2. The van der Waals surface area contributed by atoms with Crippen molar-refractivity contribution in [2.24, 2.45) is 5.92 Å². The predicted octanol–water partition coefficient (Wildman–Crippen LogP) is -1.97. The fraction of sp³-hybridized carbons (Fsp3) is 0.571. The molecule has 0 spiro atoms. The van der Waals surface area contributed by atoms with Gasteiger partial charge in [-0.15, -0.1) is 10.2 Å². The molecule has 46 heavy (non-hydrogen) atoms. The summed E-state index contributed by atoms with van der Waals surface area (Å²) in [5, 5.41) is 36.8. The van der Waals surface area contributed by atoms with Crippen LogP contribution in [0.3, 0.4) is 0 Å². The van der Waals surface area contributed by atoms with Crippen LogP contribution in [0.4, 0.5) is 5.82 Å². The number of anilines is 1. The van der Waals surface area contributed by atoms with E-state index in [1.54, 1.807) is 0 Å². The first-order valence-corrected chi connectivity index (χ1v) is 16.5. The Morgan fingerprint density at radius 2 is 1.74 bits per heavy atom. The minimum absolute atomic E-state index is 0.0183. The van der Waals surface area contributed by atoms with Crippen LogP contribution in [-0.4, -0.2) is 115 Å². The third-order valence-electron chi connectivity index (χ3n) is 7.73. The summed E-state index contributed by atoms with van der Waals surface area (Å²) >= 11 is 0. The zero-order valence-electron chi connectivity index (χ0n) is 23.4. The van der Waals surface area contributed by atoms with E-state index in [0.29, 0.717) is 0 Å². The minimum atomic E-state index is -5.07. The third-order valence-corrected chi connectivity index (χ3v) is 9.70. The van der Waals surface area contributed by atoms with Crippen LogP contribution in [0.5, 0.6) is 0 Å². The molecule has 0 radical (unpaired) electrons. The van der Waals surface area contributed by atoms with Gasteiger partial charge in [0, 0.05) is 5.92 Å². The van der Waals surface area contributed by atoms with Crippen molar-refractivity contribution in [3.8, 4) is 0 Å². The molecule has 7 rings (SSSR count). The number of nitrogens with two attached hydrogens (primary N) is 1. The number of aromatic nitrogens is 9. The molecule has 2 bridgehead atoms. The molecular formula is C21H26N10O13P2. The zero-order chi connectivity index (χ0) is 32.5. The number of aliphatic hydroxyl groups is 2. The lowest BCUT2D eigenvalue weighted by Crippen LogP contribution is -2.36. The summed E-state index contributed by atoms with van der Waals surface area (Å²) in [5.41, 5.74) is 5.24. The van der Waals surface area contributed by atoms with Crippen molar-refractivity contribution < 1.29 is 56.7 Å². The first-order chi connectivity index (χ1) is 21.9. The topological polar surface area (TPSA) is 317 Å². The molecule has 4 aromatic rings. The summed E-state index contributed by atoms with van der Waals surface area (Å²) in [6.07, 6.45) is -7.94. The number of aryl methyl sites for hydroxylation is 1. The third kappa shape index (κ3) is 5.43. The maximum absolute atomic E-state index is 13.3. The van der Waals surface area contributed by atoms with Gasteiger partial charge in [0.25, 0.3) is 5.56 Å². The number of nitrogens with one attached hydrogen (secondary N) is 1. The molecule has 0 amide bonds. The van der Waals surface area contributed by atoms with Crippen molar-refractivity contribution in [2.45, 2.75) is 49.9 Å². The Morgan fingerprint density at radius 1 is 1.04 bits per heavy atom. The second kappa shape index (κ2) is 11.4. The van der Waals surface area contributed by atoms with Crippen LogP contribution in [-0.2, 0) is 36.7 Å². The highest BCUT2D eigenvalue weighted by Crippen LogP contribution is 2.54. The second-order valence-electron chi connectivity index (χ2n) is 10.6. The van der Waals surface area contributed by atoms with Gasteiger partial charge in [0.2, 0.25) is 0 Å². The predicted molar refractivity (Wildman–Crippen MR) is 146 cm³/mol. The maximum Gasteiger partial charge on any atom is 0.472 e. The molecule has 7 heterocycles. The van der Waals surface area contributed by atoms with E-state index in [1.807, 2.05) is 0 Å². The number of rotatable bonds is 3. The molecule has 0 aliphatic carbocycles. The van der Waals surface area contributed by atoms with Crippen LogP contribution in [0.1, 0.15) is 18.3 Å². The average Bonchev–Trinajstić information content (AvgIpc) is 3.75. The van der Waals surface area contributed by atoms with Crippen LogP contribution in [0.2, 0.25) is 0 Å². The summed E-state index contributed by atoms with van der Waals surface area (Å²) in [4.78, 5) is 44.7. The molecule has 25 heteroatoms. The molecule has 2 unspecified atom stereocenters. The minimum Gasteiger partial charge on any atom is -0.396 e. The van der Waals surface area contributed by atoms with Crippen molar-refractivity contribution in [1.29, 1.82) is 0 Å². The first kappa shape index (κ1) is 31.3. The number of H-pyrrole nitrogens is 1. The van der Waals surface area contributed by atoms with Crippen LogP contribution in [0.15, 0.2) is 17.3 Å². The molecule has 23 nitrogen and oxygen atoms in total. The Balaban J connectivity index is 1.22. The van der Waals surface area contributed by atoms with Crippen LogP contribution in [0, 0.1) is 12.8 Å². The summed E-state index contributed by atoms with van der Waals surface area (Å²) in [7, 11) is -10.1. The van der Waals surface area contributed by atoms with Crippen LogP contribution >= 0.6 is 15.6 Å². The van der Waals surface area contributed by atoms with Gasteiger partial charge in [0.05, 0.1) is 43.8 Å². The Bertz CT molecular complexity index is 1950. The molecule has 0 saturated carbocycles. The highest BCUT2D eigenvalue weighted by Gasteiger charge is 2.54. The fourth-order valence-electron chi connectivity index (χ4n) is 5.62. The lowest BCUT2D eigenvalue weighted by atomic mass is 9.99. The van der Waals surface area contributed by atoms with Crippen molar-refractivity contribution >= 4 is 43.7 Å². The van der Waals surface area contributed by atoms with Gasteiger partial charge in [-0.1, -0.05) is 0 Å². The largest absolute Gasteiger partial charge is 0.472 e. The van der Waals surface area contributed by atoms with E-state index in [2.05, 4.69) is 35.5 Å². The van der Waals surface area contributed by atoms with E-state index in [0.717, 1.165) is 4.68 Å². The van der Waals surface area contributed by atoms with Crippen molar-refractivity contribution in [2.75, 3.05) is 25.6 Å². The van der Waals surface area contributed by atoms with Gasteiger partial charge in [-0.2, -0.15) is 5.10 Å². The number of aromatic amines is 1. The molecule has 3 aliphatic rings. The molecule has 0 aromatic carbocycles. The second-order valence-corrected chi connectivity index (χ2v) is 13.4. The summed E-state index contributed by atoms with van der Waals surface area (Å²) in [6, 6.07) is 0. The average molecular weight is 688 g/mol. The van der Waals surface area contributed by atoms with Crippen molar-refractivity contribution in [3.05, 3.63) is 28.7 Å².